The van der Waals surface area contributed by atoms with Crippen molar-refractivity contribution in [3.8, 4) is 5.69 Å². The van der Waals surface area contributed by atoms with Crippen LogP contribution < -0.4 is 10.9 Å². The first-order valence-electron chi connectivity index (χ1n) is 7.07. The van der Waals surface area contributed by atoms with E-state index in [0.717, 1.165) is 18.3 Å². The molecule has 24 heavy (non-hydrogen) atoms. The lowest BCUT2D eigenvalue weighted by molar-refractivity contribution is -0.138. The Labute approximate surface area is 140 Å². The molecule has 9 heteroatoms. The number of nitrogens with zero attached hydrogens (tertiary/aromatic N) is 2. The van der Waals surface area contributed by atoms with E-state index in [4.69, 9.17) is 16.7 Å². The Morgan fingerprint density at radius 1 is 1.46 bits per heavy atom. The van der Waals surface area contributed by atoms with Crippen LogP contribution in [-0.2, 0) is 4.79 Å². The average molecular weight is 358 g/mol. The monoisotopic (exact) mass is 357 g/mol. The van der Waals surface area contributed by atoms with Crippen molar-refractivity contribution < 1.29 is 18.7 Å². The van der Waals surface area contributed by atoms with Gasteiger partial charge in [0.25, 0.3) is 5.56 Å². The number of aliphatic carboxylic acids is 1. The van der Waals surface area contributed by atoms with Gasteiger partial charge in [-0.25, -0.2) is 13.6 Å². The zero-order valence-corrected chi connectivity index (χ0v) is 13.3. The highest BCUT2D eigenvalue weighted by Crippen LogP contribution is 2.20. The van der Waals surface area contributed by atoms with Crippen LogP contribution in [0.4, 0.5) is 14.5 Å². The fourth-order valence-electron chi connectivity index (χ4n) is 2.09. The van der Waals surface area contributed by atoms with Gasteiger partial charge >= 0.3 is 5.97 Å². The van der Waals surface area contributed by atoms with Gasteiger partial charge in [0.1, 0.15) is 22.6 Å². The maximum Gasteiger partial charge on any atom is 0.326 e. The first-order valence-corrected chi connectivity index (χ1v) is 7.45. The Bertz CT molecular complexity index is 826. The topological polar surface area (TPSA) is 84.2 Å². The minimum Gasteiger partial charge on any atom is -0.480 e. The number of anilines is 1. The highest BCUT2D eigenvalue weighted by Gasteiger charge is 2.20. The Kier molecular flexibility index (Phi) is 5.50. The molecule has 1 aromatic heterocycles. The van der Waals surface area contributed by atoms with Gasteiger partial charge in [0.05, 0.1) is 11.9 Å². The minimum atomic E-state index is -1.10. The van der Waals surface area contributed by atoms with Crippen LogP contribution in [0.5, 0.6) is 0 Å². The van der Waals surface area contributed by atoms with E-state index in [-0.39, 0.29) is 16.4 Å². The molecular formula is C15H14ClF2N3O3. The van der Waals surface area contributed by atoms with Crippen LogP contribution in [0.1, 0.15) is 19.8 Å². The van der Waals surface area contributed by atoms with Gasteiger partial charge in [-0.15, -0.1) is 0 Å². The molecule has 1 unspecified atom stereocenters. The van der Waals surface area contributed by atoms with Gasteiger partial charge in [-0.2, -0.15) is 9.78 Å². The van der Waals surface area contributed by atoms with Gasteiger partial charge in [0.15, 0.2) is 5.82 Å². The molecule has 0 radical (unpaired) electrons. The van der Waals surface area contributed by atoms with Gasteiger partial charge in [-0.3, -0.25) is 4.79 Å². The largest absolute Gasteiger partial charge is 0.480 e. The van der Waals surface area contributed by atoms with Crippen LogP contribution in [0.2, 0.25) is 5.02 Å². The molecule has 128 valence electrons. The van der Waals surface area contributed by atoms with Crippen molar-refractivity contribution in [2.24, 2.45) is 0 Å². The van der Waals surface area contributed by atoms with E-state index in [2.05, 4.69) is 10.4 Å². The van der Waals surface area contributed by atoms with Gasteiger partial charge in [-0.05, 0) is 18.6 Å². The molecule has 0 amide bonds. The molecule has 0 bridgehead atoms. The van der Waals surface area contributed by atoms with E-state index in [1.165, 1.54) is 0 Å². The number of carbonyl (C=O) groups is 1. The third kappa shape index (κ3) is 3.70. The molecular weight excluding hydrogens is 344 g/mol. The first kappa shape index (κ1) is 17.9. The van der Waals surface area contributed by atoms with Crippen molar-refractivity contribution in [3.05, 3.63) is 51.4 Å². The number of hydrogen-bond acceptors (Lipinski definition) is 4. The molecule has 1 heterocycles. The second-order valence-corrected chi connectivity index (χ2v) is 5.39. The summed E-state index contributed by atoms with van der Waals surface area (Å²) in [5.41, 5.74) is -1.09. The number of rotatable bonds is 6. The third-order valence-electron chi connectivity index (χ3n) is 3.26. The quantitative estimate of drug-likeness (QED) is 0.830. The van der Waals surface area contributed by atoms with Crippen LogP contribution in [0.25, 0.3) is 5.69 Å². The summed E-state index contributed by atoms with van der Waals surface area (Å²) in [4.78, 5) is 23.4. The van der Waals surface area contributed by atoms with Gasteiger partial charge < -0.3 is 10.4 Å². The molecule has 2 aromatic rings. The van der Waals surface area contributed by atoms with Crippen LogP contribution in [0.3, 0.4) is 0 Å². The highest BCUT2D eigenvalue weighted by molar-refractivity contribution is 6.33. The first-order chi connectivity index (χ1) is 11.3. The Hall–Kier alpha value is -2.48. The number of nitrogens with one attached hydrogen (secondary N) is 1. The average Bonchev–Trinajstić information content (AvgIpc) is 2.52. The standard InChI is InChI=1S/C15H14ClF2N3O3/c1-2-3-10(15(23)24)20-11-7-19-21(14(22)13(11)16)12-5-4-8(17)6-9(12)18/h4-7,10,20H,2-3H2,1H3,(H,23,24). The SMILES string of the molecule is CCCC(Nc1cnn(-c2ccc(F)cc2F)c(=O)c1Cl)C(=O)O. The molecule has 2 N–H and O–H groups in total. The fraction of sp³-hybridized carbons (Fsp3) is 0.267. The van der Waals surface area contributed by atoms with Gasteiger partial charge in [-0.1, -0.05) is 24.9 Å². The summed E-state index contributed by atoms with van der Waals surface area (Å²) in [5, 5.41) is 15.2. The van der Waals surface area contributed by atoms with Crippen LogP contribution >= 0.6 is 11.6 Å². The van der Waals surface area contributed by atoms with Crippen molar-refractivity contribution in [2.75, 3.05) is 5.32 Å². The van der Waals surface area contributed by atoms with Gasteiger partial charge in [0.2, 0.25) is 0 Å². The van der Waals surface area contributed by atoms with Crippen molar-refractivity contribution in [1.82, 2.24) is 9.78 Å². The molecule has 1 atom stereocenters. The predicted octanol–water partition coefficient (Wildman–Crippen LogP) is 2.83. The smallest absolute Gasteiger partial charge is 0.326 e. The van der Waals surface area contributed by atoms with E-state index in [1.807, 2.05) is 6.92 Å². The highest BCUT2D eigenvalue weighted by atomic mass is 35.5. The molecule has 0 spiro atoms. The second kappa shape index (κ2) is 7.39. The van der Waals surface area contributed by atoms with Crippen molar-refractivity contribution in [1.29, 1.82) is 0 Å². The summed E-state index contributed by atoms with van der Waals surface area (Å²) < 4.78 is 27.4. The lowest BCUT2D eigenvalue weighted by Crippen LogP contribution is -2.31. The lowest BCUT2D eigenvalue weighted by atomic mass is 10.1. The second-order valence-electron chi connectivity index (χ2n) is 5.01. The zero-order valence-electron chi connectivity index (χ0n) is 12.6. The van der Waals surface area contributed by atoms with Crippen LogP contribution in [0.15, 0.2) is 29.2 Å². The number of aromatic nitrogens is 2. The zero-order chi connectivity index (χ0) is 17.9. The fourth-order valence-corrected chi connectivity index (χ4v) is 2.28. The molecule has 0 aliphatic heterocycles. The normalized spacial score (nSPS) is 12.0. The Morgan fingerprint density at radius 3 is 2.75 bits per heavy atom. The van der Waals surface area contributed by atoms with E-state index in [1.54, 1.807) is 0 Å². The minimum absolute atomic E-state index is 0.0290. The lowest BCUT2D eigenvalue weighted by Gasteiger charge is -2.16. The summed E-state index contributed by atoms with van der Waals surface area (Å²) in [6.07, 6.45) is 2.05. The number of halogens is 3. The molecule has 0 saturated carbocycles. The summed E-state index contributed by atoms with van der Waals surface area (Å²) in [6, 6.07) is 1.71. The molecule has 0 aliphatic rings. The molecule has 2 rings (SSSR count). The van der Waals surface area contributed by atoms with Crippen LogP contribution in [-0.4, -0.2) is 26.9 Å². The van der Waals surface area contributed by atoms with E-state index in [0.29, 0.717) is 23.6 Å². The van der Waals surface area contributed by atoms with E-state index < -0.39 is 29.2 Å². The van der Waals surface area contributed by atoms with Crippen LogP contribution in [0, 0.1) is 11.6 Å². The molecule has 0 saturated heterocycles. The van der Waals surface area contributed by atoms with E-state index in [9.17, 15) is 18.4 Å². The van der Waals surface area contributed by atoms with Crippen molar-refractivity contribution >= 4 is 23.3 Å². The van der Waals surface area contributed by atoms with Crippen molar-refractivity contribution in [3.63, 3.8) is 0 Å². The Morgan fingerprint density at radius 2 is 2.17 bits per heavy atom. The summed E-state index contributed by atoms with van der Waals surface area (Å²) in [5.74, 6) is -2.87. The maximum absolute atomic E-state index is 13.8. The molecule has 1 aromatic carbocycles. The number of benzene rings is 1. The third-order valence-corrected chi connectivity index (χ3v) is 3.63. The van der Waals surface area contributed by atoms with E-state index >= 15 is 0 Å². The molecule has 0 fully saturated rings. The number of carboxylic acids is 1. The molecule has 0 aliphatic carbocycles. The van der Waals surface area contributed by atoms with Gasteiger partial charge in [0, 0.05) is 6.07 Å². The summed E-state index contributed by atoms with van der Waals surface area (Å²) in [6.45, 7) is 1.81. The van der Waals surface area contributed by atoms with Crippen molar-refractivity contribution in [2.45, 2.75) is 25.8 Å². The number of carboxylic acid groups (broad SMARTS) is 1. The Balaban J connectivity index is 2.42. The number of hydrogen-bond donors (Lipinski definition) is 2. The maximum atomic E-state index is 13.8. The summed E-state index contributed by atoms with van der Waals surface area (Å²) in [7, 11) is 0. The molecule has 6 nitrogen and oxygen atoms in total. The predicted molar refractivity (Wildman–Crippen MR) is 84.7 cm³/mol. The summed E-state index contributed by atoms with van der Waals surface area (Å²) >= 11 is 5.96.